The van der Waals surface area contributed by atoms with E-state index in [1.165, 1.54) is 0 Å². The number of hydrogen-bond acceptors (Lipinski definition) is 0. The molecule has 14 heavy (non-hydrogen) atoms. The Labute approximate surface area is 73.7 Å². The molecule has 1 rings (SSSR count). The van der Waals surface area contributed by atoms with Crippen molar-refractivity contribution < 1.29 is 30.7 Å². The third kappa shape index (κ3) is 1.31. The Kier molecular flexibility index (Phi) is 2.37. The van der Waals surface area contributed by atoms with Crippen molar-refractivity contribution in [2.75, 3.05) is 0 Å². The van der Waals surface area contributed by atoms with Gasteiger partial charge in [-0.2, -0.15) is 13.2 Å². The van der Waals surface area contributed by atoms with Gasteiger partial charge in [0.05, 0.1) is 0 Å². The monoisotopic (exact) mass is 219 g/mol. The van der Waals surface area contributed by atoms with E-state index in [-0.39, 0.29) is 12.5 Å². The minimum Gasteiger partial charge on any atom is -0.218 e. The van der Waals surface area contributed by atoms with E-state index in [1.807, 2.05) is 0 Å². The average molecular weight is 219 g/mol. The molecule has 0 aromatic heterocycles. The number of hydrogen-bond donors (Lipinski definition) is 0. The Balaban J connectivity index is 3.30. The number of rotatable bonds is 0. The van der Waals surface area contributed by atoms with Crippen LogP contribution < -0.4 is 0 Å². The van der Waals surface area contributed by atoms with Crippen LogP contribution in [0.2, 0.25) is 0 Å². The lowest BCUT2D eigenvalue weighted by Gasteiger charge is -2.27. The second-order valence-electron chi connectivity index (χ2n) is 2.50. The maximum atomic E-state index is 12.9. The fraction of sp³-hybridized carbons (Fsp3) is 0.286. The van der Waals surface area contributed by atoms with Crippen LogP contribution in [-0.2, 0) is 0 Å². The van der Waals surface area contributed by atoms with Crippen molar-refractivity contribution in [3.8, 4) is 0 Å². The summed E-state index contributed by atoms with van der Waals surface area (Å²) in [4.78, 5) is 0. The molecule has 0 aromatic carbocycles. The van der Waals surface area contributed by atoms with E-state index in [2.05, 4.69) is 0 Å². The van der Waals surface area contributed by atoms with Gasteiger partial charge in [0.1, 0.15) is 5.83 Å². The Morgan fingerprint density at radius 3 is 1.93 bits per heavy atom. The summed E-state index contributed by atoms with van der Waals surface area (Å²) in [5, 5.41) is 0. The number of alkyl halides is 4. The standard InChI is InChI=1S/C7H2F7/c8-3-1-2-4(9)6(11,5(3)10)7(12,13)14/h1-2H. The molecule has 79 valence electrons. The first-order valence-corrected chi connectivity index (χ1v) is 3.23. The second-order valence-corrected chi connectivity index (χ2v) is 2.50. The SMILES string of the molecule is FC1=C[CH]C(F)=C(F)C1(F)C(F)(F)F. The highest BCUT2D eigenvalue weighted by atomic mass is 19.4. The minimum atomic E-state index is -5.87. The summed E-state index contributed by atoms with van der Waals surface area (Å²) in [6.07, 6.45) is -5.90. The normalized spacial score (nSPS) is 29.2. The molecule has 1 aliphatic carbocycles. The van der Waals surface area contributed by atoms with E-state index in [1.54, 1.807) is 0 Å². The Morgan fingerprint density at radius 2 is 1.57 bits per heavy atom. The number of allylic oxidation sites excluding steroid dienone is 4. The molecule has 0 bridgehead atoms. The molecule has 0 amide bonds. The van der Waals surface area contributed by atoms with Gasteiger partial charge in [0.25, 0.3) is 0 Å². The molecular formula is C7H2F7. The smallest absolute Gasteiger partial charge is 0.218 e. The van der Waals surface area contributed by atoms with Crippen molar-refractivity contribution in [3.05, 3.63) is 30.0 Å². The van der Waals surface area contributed by atoms with Crippen LogP contribution in [-0.4, -0.2) is 11.8 Å². The van der Waals surface area contributed by atoms with Crippen molar-refractivity contribution in [3.63, 3.8) is 0 Å². The molecule has 1 radical (unpaired) electrons. The van der Waals surface area contributed by atoms with Crippen LogP contribution >= 0.6 is 0 Å². The zero-order valence-electron chi connectivity index (χ0n) is 6.30. The van der Waals surface area contributed by atoms with E-state index in [4.69, 9.17) is 0 Å². The van der Waals surface area contributed by atoms with Crippen LogP contribution in [0.3, 0.4) is 0 Å². The topological polar surface area (TPSA) is 0 Å². The van der Waals surface area contributed by atoms with Crippen molar-refractivity contribution >= 4 is 0 Å². The van der Waals surface area contributed by atoms with Gasteiger partial charge in [0.2, 0.25) is 0 Å². The quantitative estimate of drug-likeness (QED) is 0.547. The first-order chi connectivity index (χ1) is 6.21. The molecule has 0 saturated carbocycles. The highest BCUT2D eigenvalue weighted by molar-refractivity contribution is 5.40. The highest BCUT2D eigenvalue weighted by Gasteiger charge is 2.65. The fourth-order valence-corrected chi connectivity index (χ4v) is 0.864. The maximum absolute atomic E-state index is 12.9. The molecule has 0 spiro atoms. The van der Waals surface area contributed by atoms with Crippen molar-refractivity contribution in [2.45, 2.75) is 11.8 Å². The molecule has 0 nitrogen and oxygen atoms in total. The molecule has 1 unspecified atom stereocenters. The van der Waals surface area contributed by atoms with Crippen LogP contribution in [0.4, 0.5) is 30.7 Å². The predicted octanol–water partition coefficient (Wildman–Crippen LogP) is 3.48. The summed E-state index contributed by atoms with van der Waals surface area (Å²) in [5.74, 6) is -7.32. The fourth-order valence-electron chi connectivity index (χ4n) is 0.864. The van der Waals surface area contributed by atoms with Gasteiger partial charge in [-0.05, 0) is 6.08 Å². The van der Waals surface area contributed by atoms with E-state index in [9.17, 15) is 30.7 Å². The summed E-state index contributed by atoms with van der Waals surface area (Å²) < 4.78 is 85.7. The summed E-state index contributed by atoms with van der Waals surface area (Å²) in [6.45, 7) is 0. The van der Waals surface area contributed by atoms with Crippen molar-refractivity contribution in [2.24, 2.45) is 0 Å². The van der Waals surface area contributed by atoms with Gasteiger partial charge in [-0.15, -0.1) is 0 Å². The first kappa shape index (κ1) is 11.1. The van der Waals surface area contributed by atoms with Gasteiger partial charge in [0.15, 0.2) is 11.7 Å². The van der Waals surface area contributed by atoms with E-state index >= 15 is 0 Å². The number of halogens is 7. The van der Waals surface area contributed by atoms with Crippen LogP contribution in [0.1, 0.15) is 0 Å². The van der Waals surface area contributed by atoms with E-state index in [0.717, 1.165) is 0 Å². The lowest BCUT2D eigenvalue weighted by Crippen LogP contribution is -2.44. The van der Waals surface area contributed by atoms with Crippen LogP contribution in [0, 0.1) is 6.42 Å². The summed E-state index contributed by atoms with van der Waals surface area (Å²) >= 11 is 0. The van der Waals surface area contributed by atoms with Gasteiger partial charge in [0, 0.05) is 6.42 Å². The van der Waals surface area contributed by atoms with E-state index < -0.39 is 29.3 Å². The summed E-state index contributed by atoms with van der Waals surface area (Å²) in [5.41, 5.74) is -4.99. The van der Waals surface area contributed by atoms with Crippen LogP contribution in [0.25, 0.3) is 0 Å². The summed E-state index contributed by atoms with van der Waals surface area (Å²) in [6, 6.07) is 0. The lowest BCUT2D eigenvalue weighted by atomic mass is 9.95. The molecule has 0 heterocycles. The maximum Gasteiger partial charge on any atom is 0.435 e. The van der Waals surface area contributed by atoms with Gasteiger partial charge >= 0.3 is 11.8 Å². The molecule has 0 aliphatic heterocycles. The lowest BCUT2D eigenvalue weighted by molar-refractivity contribution is -0.214. The molecule has 7 heteroatoms. The van der Waals surface area contributed by atoms with E-state index in [0.29, 0.717) is 0 Å². The zero-order chi connectivity index (χ0) is 11.1. The summed E-state index contributed by atoms with van der Waals surface area (Å²) in [7, 11) is 0. The molecule has 0 fully saturated rings. The van der Waals surface area contributed by atoms with Crippen LogP contribution in [0.15, 0.2) is 23.6 Å². The largest absolute Gasteiger partial charge is 0.435 e. The Morgan fingerprint density at radius 1 is 1.07 bits per heavy atom. The molecule has 1 aliphatic rings. The van der Waals surface area contributed by atoms with Gasteiger partial charge in [-0.3, -0.25) is 0 Å². The second kappa shape index (κ2) is 2.99. The zero-order valence-corrected chi connectivity index (χ0v) is 6.30. The molecular weight excluding hydrogens is 217 g/mol. The average Bonchev–Trinajstić information content (AvgIpc) is 2.06. The third-order valence-electron chi connectivity index (χ3n) is 1.61. The molecule has 0 aromatic rings. The minimum absolute atomic E-state index is 0.0776. The van der Waals surface area contributed by atoms with Gasteiger partial charge in [-0.1, -0.05) is 0 Å². The van der Waals surface area contributed by atoms with Gasteiger partial charge < -0.3 is 0 Å². The Hall–Kier alpha value is -1.01. The molecule has 0 saturated heterocycles. The van der Waals surface area contributed by atoms with Crippen LogP contribution in [0.5, 0.6) is 0 Å². The molecule has 0 N–H and O–H groups in total. The highest BCUT2D eigenvalue weighted by Crippen LogP contribution is 2.49. The van der Waals surface area contributed by atoms with Crippen molar-refractivity contribution in [1.82, 2.24) is 0 Å². The molecule has 1 atom stereocenters. The Bertz CT molecular complexity index is 310. The third-order valence-corrected chi connectivity index (χ3v) is 1.61. The first-order valence-electron chi connectivity index (χ1n) is 3.23. The predicted molar refractivity (Wildman–Crippen MR) is 32.6 cm³/mol. The van der Waals surface area contributed by atoms with Crippen molar-refractivity contribution in [1.29, 1.82) is 0 Å². The van der Waals surface area contributed by atoms with Gasteiger partial charge in [-0.25, -0.2) is 17.6 Å².